The molecule has 0 unspecified atom stereocenters. The van der Waals surface area contributed by atoms with Crippen LogP contribution in [0, 0.1) is 0 Å². The molecule has 1 N–H and O–H groups in total. The van der Waals surface area contributed by atoms with Crippen molar-refractivity contribution < 1.29 is 9.63 Å². The van der Waals surface area contributed by atoms with E-state index in [1.165, 1.54) is 6.20 Å². The van der Waals surface area contributed by atoms with Crippen LogP contribution in [0.3, 0.4) is 0 Å². The first kappa shape index (κ1) is 13.3. The molecule has 2 aromatic carbocycles. The number of rotatable bonds is 2. The van der Waals surface area contributed by atoms with E-state index in [2.05, 4.69) is 10.1 Å². The number of nitrogens with zero attached hydrogens (tertiary/aromatic N) is 2. The SMILES string of the molecule is O=C(On1[nH]c2c(cnc3ccccc32)c1=O)c1ccccc1. The first-order valence-corrected chi connectivity index (χ1v) is 7.00. The van der Waals surface area contributed by atoms with Crippen molar-refractivity contribution in [3.05, 3.63) is 76.7 Å². The minimum Gasteiger partial charge on any atom is -0.312 e. The van der Waals surface area contributed by atoms with Gasteiger partial charge in [0, 0.05) is 11.6 Å². The highest BCUT2D eigenvalue weighted by Gasteiger charge is 2.14. The Hall–Kier alpha value is -3.41. The molecule has 0 saturated heterocycles. The molecule has 2 heterocycles. The predicted octanol–water partition coefficient (Wildman–Crippen LogP) is 2.15. The zero-order valence-electron chi connectivity index (χ0n) is 11.9. The van der Waals surface area contributed by atoms with Crippen LogP contribution in [0.15, 0.2) is 65.6 Å². The molecule has 0 aliphatic heterocycles. The van der Waals surface area contributed by atoms with Crippen LogP contribution in [0.25, 0.3) is 21.8 Å². The molecule has 23 heavy (non-hydrogen) atoms. The second kappa shape index (κ2) is 5.10. The van der Waals surface area contributed by atoms with Gasteiger partial charge in [-0.1, -0.05) is 41.2 Å². The summed E-state index contributed by atoms with van der Waals surface area (Å²) in [6, 6.07) is 15.9. The summed E-state index contributed by atoms with van der Waals surface area (Å²) in [6.45, 7) is 0. The van der Waals surface area contributed by atoms with Gasteiger partial charge in [-0.3, -0.25) is 14.9 Å². The molecule has 6 heteroatoms. The van der Waals surface area contributed by atoms with Crippen LogP contribution in [-0.4, -0.2) is 20.9 Å². The molecule has 0 saturated carbocycles. The first-order chi connectivity index (χ1) is 11.2. The summed E-state index contributed by atoms with van der Waals surface area (Å²) in [6.07, 6.45) is 1.48. The van der Waals surface area contributed by atoms with Crippen molar-refractivity contribution in [2.24, 2.45) is 0 Å². The summed E-state index contributed by atoms with van der Waals surface area (Å²) >= 11 is 0. The van der Waals surface area contributed by atoms with Gasteiger partial charge in [-0.15, -0.1) is 0 Å². The fraction of sp³-hybridized carbons (Fsp3) is 0. The van der Waals surface area contributed by atoms with Crippen LogP contribution in [0.2, 0.25) is 0 Å². The number of para-hydroxylation sites is 1. The summed E-state index contributed by atoms with van der Waals surface area (Å²) in [5.74, 6) is -0.614. The Kier molecular flexibility index (Phi) is 2.94. The van der Waals surface area contributed by atoms with E-state index in [0.29, 0.717) is 16.5 Å². The van der Waals surface area contributed by atoms with Gasteiger partial charge in [-0.2, -0.15) is 0 Å². The molecule has 0 fully saturated rings. The summed E-state index contributed by atoms with van der Waals surface area (Å²) in [5.41, 5.74) is 1.24. The van der Waals surface area contributed by atoms with Crippen molar-refractivity contribution in [1.82, 2.24) is 14.9 Å². The molecular formula is C17H11N3O3. The largest absolute Gasteiger partial charge is 0.365 e. The summed E-state index contributed by atoms with van der Waals surface area (Å²) in [4.78, 5) is 34.7. The van der Waals surface area contributed by atoms with E-state index in [-0.39, 0.29) is 0 Å². The third kappa shape index (κ3) is 2.17. The van der Waals surface area contributed by atoms with E-state index >= 15 is 0 Å². The Balaban J connectivity index is 1.82. The minimum absolute atomic E-state index is 0.362. The second-order valence-electron chi connectivity index (χ2n) is 5.02. The molecule has 6 nitrogen and oxygen atoms in total. The summed E-state index contributed by atoms with van der Waals surface area (Å²) in [7, 11) is 0. The molecule has 0 bridgehead atoms. The number of hydrogen-bond donors (Lipinski definition) is 1. The number of fused-ring (bicyclic) bond motifs is 3. The average Bonchev–Trinajstić information content (AvgIpc) is 2.92. The van der Waals surface area contributed by atoms with Crippen LogP contribution in [0.1, 0.15) is 10.4 Å². The second-order valence-corrected chi connectivity index (χ2v) is 5.02. The van der Waals surface area contributed by atoms with Gasteiger partial charge in [0.05, 0.1) is 22.0 Å². The lowest BCUT2D eigenvalue weighted by Crippen LogP contribution is -2.29. The number of nitrogens with one attached hydrogen (secondary N) is 1. The predicted molar refractivity (Wildman–Crippen MR) is 85.2 cm³/mol. The molecule has 0 atom stereocenters. The summed E-state index contributed by atoms with van der Waals surface area (Å²) < 4.78 is 0. The van der Waals surface area contributed by atoms with Crippen LogP contribution in [0.5, 0.6) is 0 Å². The van der Waals surface area contributed by atoms with Gasteiger partial charge in [0.2, 0.25) is 0 Å². The number of pyridine rings is 1. The van der Waals surface area contributed by atoms with Crippen molar-refractivity contribution in [3.8, 4) is 0 Å². The Morgan fingerprint density at radius 2 is 1.74 bits per heavy atom. The van der Waals surface area contributed by atoms with E-state index in [1.807, 2.05) is 24.3 Å². The first-order valence-electron chi connectivity index (χ1n) is 7.00. The molecule has 0 amide bonds. The van der Waals surface area contributed by atoms with Crippen molar-refractivity contribution in [2.75, 3.05) is 0 Å². The third-order valence-corrected chi connectivity index (χ3v) is 3.59. The maximum absolute atomic E-state index is 12.4. The lowest BCUT2D eigenvalue weighted by Gasteiger charge is -2.02. The van der Waals surface area contributed by atoms with Crippen LogP contribution in [0.4, 0.5) is 0 Å². The highest BCUT2D eigenvalue weighted by Crippen LogP contribution is 2.19. The van der Waals surface area contributed by atoms with E-state index in [4.69, 9.17) is 4.84 Å². The lowest BCUT2D eigenvalue weighted by atomic mass is 10.2. The molecule has 4 aromatic rings. The van der Waals surface area contributed by atoms with Gasteiger partial charge in [-0.05, 0) is 18.2 Å². The van der Waals surface area contributed by atoms with Crippen LogP contribution in [-0.2, 0) is 0 Å². The van der Waals surface area contributed by atoms with Gasteiger partial charge in [0.1, 0.15) is 0 Å². The normalized spacial score (nSPS) is 11.0. The smallest absolute Gasteiger partial charge is 0.312 e. The Bertz CT molecular complexity index is 1080. The molecule has 112 valence electrons. The number of carbonyl (C=O) groups is 1. The van der Waals surface area contributed by atoms with Crippen molar-refractivity contribution in [2.45, 2.75) is 0 Å². The topological polar surface area (TPSA) is 77.0 Å². The Labute approximate surface area is 129 Å². The molecule has 0 aliphatic rings. The van der Waals surface area contributed by atoms with Gasteiger partial charge in [0.25, 0.3) is 0 Å². The fourth-order valence-corrected chi connectivity index (χ4v) is 2.46. The maximum atomic E-state index is 12.4. The highest BCUT2D eigenvalue weighted by atomic mass is 16.7. The standard InChI is InChI=1S/C17H11N3O3/c21-16-13-10-18-14-9-5-4-8-12(14)15(13)19-20(16)23-17(22)11-6-2-1-3-7-11/h1-10,19H. The Morgan fingerprint density at radius 3 is 2.57 bits per heavy atom. The molecule has 2 aromatic heterocycles. The molecule has 0 spiro atoms. The number of benzene rings is 2. The zero-order chi connectivity index (χ0) is 15.8. The minimum atomic E-state index is -0.614. The monoisotopic (exact) mass is 305 g/mol. The number of hydrogen-bond acceptors (Lipinski definition) is 4. The van der Waals surface area contributed by atoms with Gasteiger partial charge >= 0.3 is 11.5 Å². The van der Waals surface area contributed by atoms with E-state index in [0.717, 1.165) is 15.7 Å². The molecule has 4 rings (SSSR count). The molecule has 0 aliphatic carbocycles. The van der Waals surface area contributed by atoms with Crippen molar-refractivity contribution in [1.29, 1.82) is 0 Å². The zero-order valence-corrected chi connectivity index (χ0v) is 11.9. The summed E-state index contributed by atoms with van der Waals surface area (Å²) in [5, 5.41) is 3.98. The molecule has 0 radical (unpaired) electrons. The number of H-pyrrole nitrogens is 1. The lowest BCUT2D eigenvalue weighted by molar-refractivity contribution is 0.0380. The van der Waals surface area contributed by atoms with Crippen molar-refractivity contribution >= 4 is 27.8 Å². The van der Waals surface area contributed by atoms with E-state index < -0.39 is 11.5 Å². The van der Waals surface area contributed by atoms with Gasteiger partial charge < -0.3 is 4.84 Å². The fourth-order valence-electron chi connectivity index (χ4n) is 2.46. The molecular weight excluding hydrogens is 294 g/mol. The quantitative estimate of drug-likeness (QED) is 0.615. The van der Waals surface area contributed by atoms with Crippen molar-refractivity contribution in [3.63, 3.8) is 0 Å². The average molecular weight is 305 g/mol. The highest BCUT2D eigenvalue weighted by molar-refractivity contribution is 6.02. The van der Waals surface area contributed by atoms with Crippen LogP contribution >= 0.6 is 0 Å². The van der Waals surface area contributed by atoms with E-state index in [1.54, 1.807) is 30.3 Å². The number of carbonyl (C=O) groups excluding carboxylic acids is 1. The number of aromatic nitrogens is 3. The maximum Gasteiger partial charge on any atom is 0.365 e. The van der Waals surface area contributed by atoms with Gasteiger partial charge in [-0.25, -0.2) is 4.79 Å². The third-order valence-electron chi connectivity index (χ3n) is 3.59. The van der Waals surface area contributed by atoms with E-state index in [9.17, 15) is 9.59 Å². The van der Waals surface area contributed by atoms with Gasteiger partial charge in [0.15, 0.2) is 0 Å². The van der Waals surface area contributed by atoms with Crippen LogP contribution < -0.4 is 10.4 Å². The number of aromatic amines is 1. The Morgan fingerprint density at radius 1 is 1.00 bits per heavy atom.